The Hall–Kier alpha value is -5.23. The molecule has 0 saturated carbocycles. The molecule has 0 aliphatic carbocycles. The average molecular weight is 1140 g/mol. The van der Waals surface area contributed by atoms with E-state index in [1.807, 2.05) is 12.2 Å². The van der Waals surface area contributed by atoms with Crippen LogP contribution in [0.5, 0.6) is 0 Å². The van der Waals surface area contributed by atoms with Crippen LogP contribution in [0.25, 0.3) is 0 Å². The van der Waals surface area contributed by atoms with Crippen LogP contribution in [0, 0.1) is 0 Å². The maximum atomic E-state index is 12.9. The summed E-state index contributed by atoms with van der Waals surface area (Å²) in [6.45, 7) is 6.20. The highest BCUT2D eigenvalue weighted by molar-refractivity contribution is 5.71. The first-order chi connectivity index (χ1) is 41.0. The van der Waals surface area contributed by atoms with E-state index < -0.39 is 6.10 Å². The van der Waals surface area contributed by atoms with Crippen molar-refractivity contribution in [2.45, 2.75) is 284 Å². The molecule has 0 N–H and O–H groups in total. The number of hydrogen-bond acceptors (Lipinski definition) is 6. The second-order valence-electron chi connectivity index (χ2n) is 21.6. The predicted octanol–water partition coefficient (Wildman–Crippen LogP) is 23.4. The van der Waals surface area contributed by atoms with Crippen LogP contribution in [-0.2, 0) is 28.6 Å². The molecule has 0 aromatic rings. The van der Waals surface area contributed by atoms with Gasteiger partial charge in [0.25, 0.3) is 0 Å². The molecule has 0 rings (SSSR count). The van der Waals surface area contributed by atoms with Gasteiger partial charge in [0.05, 0.1) is 0 Å². The summed E-state index contributed by atoms with van der Waals surface area (Å²) in [7, 11) is 0. The van der Waals surface area contributed by atoms with E-state index in [2.05, 4.69) is 179 Å². The monoisotopic (exact) mass is 1140 g/mol. The number of esters is 3. The van der Waals surface area contributed by atoms with Crippen molar-refractivity contribution in [2.24, 2.45) is 0 Å². The van der Waals surface area contributed by atoms with Crippen LogP contribution < -0.4 is 0 Å². The second kappa shape index (κ2) is 69.3. The van der Waals surface area contributed by atoms with Crippen LogP contribution in [0.15, 0.2) is 170 Å². The lowest BCUT2D eigenvalue weighted by Crippen LogP contribution is -2.30. The first-order valence-corrected chi connectivity index (χ1v) is 33.6. The predicted molar refractivity (Wildman–Crippen MR) is 361 cm³/mol. The van der Waals surface area contributed by atoms with Gasteiger partial charge < -0.3 is 14.2 Å². The van der Waals surface area contributed by atoms with Crippen LogP contribution in [0.3, 0.4) is 0 Å². The van der Waals surface area contributed by atoms with Gasteiger partial charge in [0.15, 0.2) is 6.10 Å². The quantitative estimate of drug-likeness (QED) is 0.0261. The van der Waals surface area contributed by atoms with E-state index in [9.17, 15) is 14.4 Å². The maximum Gasteiger partial charge on any atom is 0.306 e. The van der Waals surface area contributed by atoms with Gasteiger partial charge >= 0.3 is 17.9 Å². The largest absolute Gasteiger partial charge is 0.462 e. The molecule has 0 aliphatic heterocycles. The zero-order chi connectivity index (χ0) is 59.9. The summed E-state index contributed by atoms with van der Waals surface area (Å²) in [6.07, 6.45) is 103. The molecule has 0 spiro atoms. The lowest BCUT2D eigenvalue weighted by Gasteiger charge is -2.18. The van der Waals surface area contributed by atoms with Crippen molar-refractivity contribution in [1.29, 1.82) is 0 Å². The number of rotatable bonds is 59. The number of carbonyl (C=O) groups is 3. The number of ether oxygens (including phenoxy) is 3. The van der Waals surface area contributed by atoms with Crippen molar-refractivity contribution < 1.29 is 28.6 Å². The molecular weight excluding hydrogens is 1020 g/mol. The van der Waals surface area contributed by atoms with Crippen LogP contribution in [0.1, 0.15) is 278 Å². The van der Waals surface area contributed by atoms with Crippen molar-refractivity contribution in [1.82, 2.24) is 0 Å². The van der Waals surface area contributed by atoms with Gasteiger partial charge in [0.1, 0.15) is 13.2 Å². The molecule has 0 fully saturated rings. The summed E-state index contributed by atoms with van der Waals surface area (Å²) in [4.78, 5) is 38.3. The summed E-state index contributed by atoms with van der Waals surface area (Å²) in [5.74, 6) is -1.05. The summed E-state index contributed by atoms with van der Waals surface area (Å²) >= 11 is 0. The van der Waals surface area contributed by atoms with Gasteiger partial charge in [-0.05, 0) is 135 Å². The van der Waals surface area contributed by atoms with Crippen LogP contribution in [0.2, 0.25) is 0 Å². The Bertz CT molecular complexity index is 1890. The molecule has 466 valence electrons. The average Bonchev–Trinajstić information content (AvgIpc) is 3.49. The maximum absolute atomic E-state index is 12.9. The molecule has 0 bridgehead atoms. The second-order valence-corrected chi connectivity index (χ2v) is 21.6. The molecular formula is C77H122O6. The van der Waals surface area contributed by atoms with Crippen molar-refractivity contribution in [2.75, 3.05) is 13.2 Å². The van der Waals surface area contributed by atoms with E-state index in [0.717, 1.165) is 122 Å². The molecule has 0 amide bonds. The topological polar surface area (TPSA) is 78.9 Å². The molecule has 6 nitrogen and oxygen atoms in total. The van der Waals surface area contributed by atoms with Crippen molar-refractivity contribution in [3.05, 3.63) is 170 Å². The first-order valence-electron chi connectivity index (χ1n) is 33.6. The first kappa shape index (κ1) is 77.8. The lowest BCUT2D eigenvalue weighted by molar-refractivity contribution is -0.166. The normalized spacial score (nSPS) is 13.2. The van der Waals surface area contributed by atoms with Gasteiger partial charge in [-0.1, -0.05) is 294 Å². The molecule has 6 heteroatoms. The fraction of sp³-hybridized carbons (Fsp3) is 0.597. The summed E-state index contributed by atoms with van der Waals surface area (Å²) in [6, 6.07) is 0. The van der Waals surface area contributed by atoms with Crippen molar-refractivity contribution >= 4 is 17.9 Å². The Kier molecular flexibility index (Phi) is 64.9. The highest BCUT2D eigenvalue weighted by Crippen LogP contribution is 2.16. The minimum atomic E-state index is -0.838. The van der Waals surface area contributed by atoms with Gasteiger partial charge in [-0.2, -0.15) is 0 Å². The SMILES string of the molecule is CC/C=C\C/C=C\C/C=C\C/C=C\C/C=C\C/C=C\CCCCC(=O)OC(COC(=O)CC/C=C\C/C=C\C/C=C\C/C=C\CC)COC(=O)CCCCCCCCCCCCCCCCCCCC/C=C\C/C=C\C/C=C\C/C=C\CC. The Morgan fingerprint density at radius 2 is 0.458 bits per heavy atom. The third-order valence-corrected chi connectivity index (χ3v) is 13.7. The Morgan fingerprint density at radius 1 is 0.241 bits per heavy atom. The van der Waals surface area contributed by atoms with Gasteiger partial charge in [-0.25, -0.2) is 0 Å². The molecule has 0 saturated heterocycles. The highest BCUT2D eigenvalue weighted by atomic mass is 16.6. The molecule has 0 aromatic carbocycles. The molecule has 1 unspecified atom stereocenters. The molecule has 1 atom stereocenters. The smallest absolute Gasteiger partial charge is 0.306 e. The van der Waals surface area contributed by atoms with Gasteiger partial charge in [0.2, 0.25) is 0 Å². The number of carbonyl (C=O) groups excluding carboxylic acids is 3. The van der Waals surface area contributed by atoms with E-state index in [-0.39, 0.29) is 44.0 Å². The number of allylic oxidation sites excluding steroid dienone is 28. The molecule has 0 aromatic heterocycles. The Balaban J connectivity index is 4.35. The van der Waals surface area contributed by atoms with E-state index in [4.69, 9.17) is 14.2 Å². The molecule has 83 heavy (non-hydrogen) atoms. The molecule has 0 aliphatic rings. The number of unbranched alkanes of at least 4 members (excludes halogenated alkanes) is 20. The standard InChI is InChI=1S/C77H122O6/c1-4-7-10-13-16-19-22-25-27-29-31-33-34-35-36-37-38-39-40-41-42-44-45-47-49-52-55-58-61-64-67-70-76(79)82-73-74(72-81-75(78)69-66-63-60-57-54-51-24-21-18-15-12-9-6-3)83-77(80)71-68-65-62-59-56-53-50-48-46-43-32-30-28-26-23-20-17-14-11-8-5-2/h7-12,16-21,25-28,31-33,43,48,50-51,54,56,59-60,63,74H,4-6,13-15,22-24,29-30,34-42,44-47,49,52-53,55,57-58,61-62,64-73H2,1-3H3/b10-7-,11-8-,12-9-,19-16-,20-17-,21-18-,27-25-,28-26-,33-31-,43-32-,50-48-,54-51-,59-56-,63-60-. The van der Waals surface area contributed by atoms with E-state index in [1.54, 1.807) is 0 Å². The minimum absolute atomic E-state index is 0.123. The number of hydrogen-bond donors (Lipinski definition) is 0. The van der Waals surface area contributed by atoms with Crippen LogP contribution in [-0.4, -0.2) is 37.2 Å². The van der Waals surface area contributed by atoms with E-state index in [0.29, 0.717) is 19.3 Å². The van der Waals surface area contributed by atoms with Crippen molar-refractivity contribution in [3.8, 4) is 0 Å². The van der Waals surface area contributed by atoms with Crippen molar-refractivity contribution in [3.63, 3.8) is 0 Å². The highest BCUT2D eigenvalue weighted by Gasteiger charge is 2.19. The zero-order valence-corrected chi connectivity index (χ0v) is 53.4. The van der Waals surface area contributed by atoms with Gasteiger partial charge in [-0.15, -0.1) is 0 Å². The minimum Gasteiger partial charge on any atom is -0.462 e. The van der Waals surface area contributed by atoms with E-state index >= 15 is 0 Å². The van der Waals surface area contributed by atoms with Gasteiger partial charge in [0, 0.05) is 19.3 Å². The third kappa shape index (κ3) is 67.4. The molecule has 0 radical (unpaired) electrons. The van der Waals surface area contributed by atoms with Crippen LogP contribution >= 0.6 is 0 Å². The summed E-state index contributed by atoms with van der Waals surface area (Å²) in [5.41, 5.74) is 0. The fourth-order valence-electron chi connectivity index (χ4n) is 8.80. The molecule has 0 heterocycles. The lowest BCUT2D eigenvalue weighted by atomic mass is 10.0. The third-order valence-electron chi connectivity index (χ3n) is 13.7. The Labute approximate surface area is 511 Å². The van der Waals surface area contributed by atoms with Crippen LogP contribution in [0.4, 0.5) is 0 Å². The fourth-order valence-corrected chi connectivity index (χ4v) is 8.80. The van der Waals surface area contributed by atoms with E-state index in [1.165, 1.54) is 103 Å². The summed E-state index contributed by atoms with van der Waals surface area (Å²) in [5, 5.41) is 0. The summed E-state index contributed by atoms with van der Waals surface area (Å²) < 4.78 is 16.8. The van der Waals surface area contributed by atoms with Gasteiger partial charge in [-0.3, -0.25) is 14.4 Å². The Morgan fingerprint density at radius 3 is 0.771 bits per heavy atom. The zero-order valence-electron chi connectivity index (χ0n) is 53.4.